The summed E-state index contributed by atoms with van der Waals surface area (Å²) in [7, 11) is 0. The van der Waals surface area contributed by atoms with Crippen molar-refractivity contribution in [2.75, 3.05) is 19.8 Å². The standard InChI is InChI=1S/C20H37NO2/c21-16-10-6-4-2-1-3-5-7-11-17-22-18-12-8-14-20-15-9-13-19-23-20/h20H,1-15,17-19H2. The van der Waals surface area contributed by atoms with E-state index in [0.717, 1.165) is 32.7 Å². The average Bonchev–Trinajstić information content (AvgIpc) is 2.59. The molecule has 1 rings (SSSR count). The summed E-state index contributed by atoms with van der Waals surface area (Å²) < 4.78 is 11.5. The molecule has 0 aromatic carbocycles. The summed E-state index contributed by atoms with van der Waals surface area (Å²) in [6.45, 7) is 2.83. The van der Waals surface area contributed by atoms with Crippen molar-refractivity contribution in [1.82, 2.24) is 0 Å². The fourth-order valence-electron chi connectivity index (χ4n) is 3.18. The van der Waals surface area contributed by atoms with Crippen LogP contribution < -0.4 is 0 Å². The van der Waals surface area contributed by atoms with E-state index in [0.29, 0.717) is 6.10 Å². The molecule has 0 bridgehead atoms. The first kappa shape index (κ1) is 20.5. The van der Waals surface area contributed by atoms with Crippen LogP contribution in [-0.2, 0) is 9.47 Å². The van der Waals surface area contributed by atoms with Gasteiger partial charge in [-0.15, -0.1) is 0 Å². The Hall–Kier alpha value is -0.590. The molecule has 0 aromatic rings. The van der Waals surface area contributed by atoms with Gasteiger partial charge in [0.25, 0.3) is 0 Å². The summed E-state index contributed by atoms with van der Waals surface area (Å²) in [6.07, 6.45) is 18.9. The molecule has 0 aromatic heterocycles. The summed E-state index contributed by atoms with van der Waals surface area (Å²) in [5, 5.41) is 8.45. The van der Waals surface area contributed by atoms with E-state index in [4.69, 9.17) is 14.7 Å². The third-order valence-corrected chi connectivity index (χ3v) is 4.67. The van der Waals surface area contributed by atoms with E-state index in [1.807, 2.05) is 0 Å². The number of hydrogen-bond acceptors (Lipinski definition) is 3. The van der Waals surface area contributed by atoms with Gasteiger partial charge in [-0.3, -0.25) is 0 Å². The summed E-state index contributed by atoms with van der Waals surface area (Å²) in [6, 6.07) is 2.21. The maximum atomic E-state index is 8.45. The van der Waals surface area contributed by atoms with Gasteiger partial charge in [-0.25, -0.2) is 0 Å². The molecule has 1 aliphatic rings. The van der Waals surface area contributed by atoms with Gasteiger partial charge in [0.1, 0.15) is 0 Å². The third-order valence-electron chi connectivity index (χ3n) is 4.67. The molecule has 0 spiro atoms. The van der Waals surface area contributed by atoms with E-state index in [2.05, 4.69) is 6.07 Å². The van der Waals surface area contributed by atoms with Gasteiger partial charge in [-0.2, -0.15) is 5.26 Å². The normalized spacial score (nSPS) is 18.0. The number of nitrogens with zero attached hydrogens (tertiary/aromatic N) is 1. The van der Waals surface area contributed by atoms with Crippen molar-refractivity contribution >= 4 is 0 Å². The summed E-state index contributed by atoms with van der Waals surface area (Å²) >= 11 is 0. The maximum Gasteiger partial charge on any atom is 0.0621 e. The summed E-state index contributed by atoms with van der Waals surface area (Å²) in [5.74, 6) is 0. The second-order valence-corrected chi connectivity index (χ2v) is 6.83. The predicted octanol–water partition coefficient (Wildman–Crippen LogP) is 5.78. The number of hydrogen-bond donors (Lipinski definition) is 0. The van der Waals surface area contributed by atoms with Gasteiger partial charge < -0.3 is 9.47 Å². The Morgan fingerprint density at radius 3 is 2.13 bits per heavy atom. The van der Waals surface area contributed by atoms with Crippen LogP contribution in [0.1, 0.15) is 96.3 Å². The van der Waals surface area contributed by atoms with Gasteiger partial charge in [0, 0.05) is 26.2 Å². The Morgan fingerprint density at radius 2 is 1.48 bits per heavy atom. The Balaban J connectivity index is 1.68. The van der Waals surface area contributed by atoms with Gasteiger partial charge in [-0.1, -0.05) is 38.5 Å². The third kappa shape index (κ3) is 13.5. The first-order valence-electron chi connectivity index (χ1n) is 10.00. The van der Waals surface area contributed by atoms with Crippen LogP contribution >= 0.6 is 0 Å². The largest absolute Gasteiger partial charge is 0.381 e. The number of rotatable bonds is 15. The topological polar surface area (TPSA) is 42.2 Å². The summed E-state index contributed by atoms with van der Waals surface area (Å²) in [4.78, 5) is 0. The van der Waals surface area contributed by atoms with Crippen LogP contribution in [0.2, 0.25) is 0 Å². The Bertz CT molecular complexity index is 282. The predicted molar refractivity (Wildman–Crippen MR) is 95.4 cm³/mol. The fourth-order valence-corrected chi connectivity index (χ4v) is 3.18. The molecule has 0 saturated carbocycles. The highest BCUT2D eigenvalue weighted by molar-refractivity contribution is 4.67. The monoisotopic (exact) mass is 323 g/mol. The minimum absolute atomic E-state index is 0.531. The highest BCUT2D eigenvalue weighted by Gasteiger charge is 2.12. The van der Waals surface area contributed by atoms with Crippen LogP contribution in [0.4, 0.5) is 0 Å². The van der Waals surface area contributed by atoms with Crippen LogP contribution in [0, 0.1) is 11.3 Å². The Labute approximate surface area is 143 Å². The molecule has 0 N–H and O–H groups in total. The van der Waals surface area contributed by atoms with Crippen LogP contribution in [0.15, 0.2) is 0 Å². The zero-order valence-electron chi connectivity index (χ0n) is 15.1. The minimum Gasteiger partial charge on any atom is -0.381 e. The van der Waals surface area contributed by atoms with E-state index in [1.165, 1.54) is 83.5 Å². The van der Waals surface area contributed by atoms with Crippen molar-refractivity contribution < 1.29 is 9.47 Å². The van der Waals surface area contributed by atoms with Crippen molar-refractivity contribution in [3.63, 3.8) is 0 Å². The van der Waals surface area contributed by atoms with Crippen molar-refractivity contribution in [2.24, 2.45) is 0 Å². The van der Waals surface area contributed by atoms with Crippen molar-refractivity contribution in [1.29, 1.82) is 5.26 Å². The van der Waals surface area contributed by atoms with Crippen molar-refractivity contribution in [3.05, 3.63) is 0 Å². The van der Waals surface area contributed by atoms with Gasteiger partial charge in [-0.05, 0) is 51.4 Å². The van der Waals surface area contributed by atoms with E-state index in [-0.39, 0.29) is 0 Å². The fraction of sp³-hybridized carbons (Fsp3) is 0.950. The van der Waals surface area contributed by atoms with Gasteiger partial charge >= 0.3 is 0 Å². The van der Waals surface area contributed by atoms with Crippen LogP contribution in [0.3, 0.4) is 0 Å². The van der Waals surface area contributed by atoms with Gasteiger partial charge in [0.2, 0.25) is 0 Å². The molecule has 0 aliphatic carbocycles. The molecule has 1 saturated heterocycles. The molecule has 0 amide bonds. The molecule has 3 heteroatoms. The molecule has 3 nitrogen and oxygen atoms in total. The smallest absolute Gasteiger partial charge is 0.0621 e. The number of nitriles is 1. The SMILES string of the molecule is N#CCCCCCCCCCCOCCCCC1CCCCO1. The molecule has 23 heavy (non-hydrogen) atoms. The number of unbranched alkanes of at least 4 members (excludes halogenated alkanes) is 9. The molecule has 1 atom stereocenters. The minimum atomic E-state index is 0.531. The maximum absolute atomic E-state index is 8.45. The van der Waals surface area contributed by atoms with Crippen LogP contribution in [0.5, 0.6) is 0 Å². The van der Waals surface area contributed by atoms with Crippen LogP contribution in [-0.4, -0.2) is 25.9 Å². The molecule has 1 heterocycles. The molecule has 1 fully saturated rings. The first-order chi connectivity index (χ1) is 11.4. The lowest BCUT2D eigenvalue weighted by Crippen LogP contribution is -2.18. The highest BCUT2D eigenvalue weighted by atomic mass is 16.5. The molecule has 0 radical (unpaired) electrons. The molecule has 1 aliphatic heterocycles. The van der Waals surface area contributed by atoms with Gasteiger partial charge in [0.05, 0.1) is 12.2 Å². The van der Waals surface area contributed by atoms with E-state index in [1.54, 1.807) is 0 Å². The van der Waals surface area contributed by atoms with E-state index >= 15 is 0 Å². The number of ether oxygens (including phenoxy) is 2. The summed E-state index contributed by atoms with van der Waals surface area (Å²) in [5.41, 5.74) is 0. The average molecular weight is 324 g/mol. The first-order valence-corrected chi connectivity index (χ1v) is 10.00. The van der Waals surface area contributed by atoms with Crippen molar-refractivity contribution in [3.8, 4) is 6.07 Å². The highest BCUT2D eigenvalue weighted by Crippen LogP contribution is 2.17. The van der Waals surface area contributed by atoms with E-state index < -0.39 is 0 Å². The van der Waals surface area contributed by atoms with Gasteiger partial charge in [0.15, 0.2) is 0 Å². The quantitative estimate of drug-likeness (QED) is 0.359. The Morgan fingerprint density at radius 1 is 0.826 bits per heavy atom. The lowest BCUT2D eigenvalue weighted by Gasteiger charge is -2.22. The van der Waals surface area contributed by atoms with E-state index in [9.17, 15) is 0 Å². The molecule has 134 valence electrons. The molecular formula is C20H37NO2. The lowest BCUT2D eigenvalue weighted by molar-refractivity contribution is 0.00841. The zero-order chi connectivity index (χ0) is 16.4. The second-order valence-electron chi connectivity index (χ2n) is 6.83. The zero-order valence-corrected chi connectivity index (χ0v) is 15.1. The molecular weight excluding hydrogens is 286 g/mol. The Kier molecular flexibility index (Phi) is 14.5. The molecule has 1 unspecified atom stereocenters. The second kappa shape index (κ2) is 16.3. The van der Waals surface area contributed by atoms with Crippen LogP contribution in [0.25, 0.3) is 0 Å². The lowest BCUT2D eigenvalue weighted by atomic mass is 10.0. The van der Waals surface area contributed by atoms with Crippen molar-refractivity contribution in [2.45, 2.75) is 102 Å².